The van der Waals surface area contributed by atoms with Gasteiger partial charge in [0.25, 0.3) is 0 Å². The van der Waals surface area contributed by atoms with Crippen LogP contribution in [0.4, 0.5) is 4.39 Å². The lowest BCUT2D eigenvalue weighted by Crippen LogP contribution is -2.43. The molecule has 0 unspecified atom stereocenters. The van der Waals surface area contributed by atoms with E-state index >= 15 is 4.39 Å². The summed E-state index contributed by atoms with van der Waals surface area (Å²) in [7, 11) is -2.84. The molecule has 2 aromatic carbocycles. The number of ether oxygens (including phenoxy) is 1. The maximum Gasteiger partial charge on any atom is 0.495 e. The van der Waals surface area contributed by atoms with Crippen LogP contribution in [0.1, 0.15) is 87.3 Å². The molecular formula is C31H44BFO4Si. The average molecular weight is 539 g/mol. The van der Waals surface area contributed by atoms with Crippen LogP contribution in [-0.2, 0) is 25.3 Å². The molecule has 1 heterocycles. The summed E-state index contributed by atoms with van der Waals surface area (Å²) < 4.78 is 33.7. The first kappa shape index (κ1) is 30.4. The Morgan fingerprint density at radius 2 is 1.55 bits per heavy atom. The van der Waals surface area contributed by atoms with E-state index in [1.165, 1.54) is 6.07 Å². The molecule has 1 aliphatic heterocycles. The third-order valence-corrected chi connectivity index (χ3v) is 14.9. The average Bonchev–Trinajstić information content (AvgIpc) is 3.01. The van der Waals surface area contributed by atoms with Crippen molar-refractivity contribution in [1.82, 2.24) is 0 Å². The molecular weight excluding hydrogens is 494 g/mol. The minimum absolute atomic E-state index is 0.110. The summed E-state index contributed by atoms with van der Waals surface area (Å²) in [6.07, 6.45) is 0.110. The third-order valence-electron chi connectivity index (χ3n) is 8.59. The zero-order chi connectivity index (χ0) is 28.6. The van der Waals surface area contributed by atoms with Gasteiger partial charge in [-0.15, -0.1) is 5.54 Å². The van der Waals surface area contributed by atoms with Crippen LogP contribution in [0.2, 0.25) is 16.6 Å². The van der Waals surface area contributed by atoms with Gasteiger partial charge in [0.15, 0.2) is 0 Å². The lowest BCUT2D eigenvalue weighted by molar-refractivity contribution is -0.142. The monoisotopic (exact) mass is 538 g/mol. The number of esters is 1. The molecule has 0 amide bonds. The Hall–Kier alpha value is -2.14. The van der Waals surface area contributed by atoms with Crippen LogP contribution >= 0.6 is 0 Å². The standard InChI is InChI=1S/C31H44BFO4Si/c1-12-35-28(34)19-23-17-24-13-14-27(33)25(15-16-38(20(2)3,21(4)5)22(6)7)29(24)26(18-23)32-36-30(8,9)31(10,11)37-32/h13-14,17-18,20-22H,12,19H2,1-11H3. The third kappa shape index (κ3) is 5.59. The molecule has 1 saturated heterocycles. The second-order valence-electron chi connectivity index (χ2n) is 12.4. The number of rotatable bonds is 7. The van der Waals surface area contributed by atoms with Crippen molar-refractivity contribution in [1.29, 1.82) is 0 Å². The van der Waals surface area contributed by atoms with Gasteiger partial charge in [-0.2, -0.15) is 0 Å². The van der Waals surface area contributed by atoms with Crippen molar-refractivity contribution in [3.05, 3.63) is 41.2 Å². The number of hydrogen-bond donors (Lipinski definition) is 0. The molecule has 0 radical (unpaired) electrons. The number of fused-ring (bicyclic) bond motifs is 1. The summed E-state index contributed by atoms with van der Waals surface area (Å²) in [6.45, 7) is 23.6. The normalized spacial score (nSPS) is 16.9. The van der Waals surface area contributed by atoms with E-state index in [0.29, 0.717) is 39.6 Å². The Balaban J connectivity index is 2.32. The van der Waals surface area contributed by atoms with Gasteiger partial charge in [0.05, 0.1) is 29.8 Å². The minimum Gasteiger partial charge on any atom is -0.466 e. The highest BCUT2D eigenvalue weighted by atomic mass is 28.3. The van der Waals surface area contributed by atoms with Crippen LogP contribution in [-0.4, -0.2) is 39.0 Å². The number of halogens is 1. The largest absolute Gasteiger partial charge is 0.495 e. The van der Waals surface area contributed by atoms with Crippen LogP contribution in [0.3, 0.4) is 0 Å². The molecule has 0 aliphatic carbocycles. The predicted molar refractivity (Wildman–Crippen MR) is 158 cm³/mol. The number of carbonyl (C=O) groups excluding carboxylic acids is 1. The second-order valence-corrected chi connectivity index (χ2v) is 18.0. The van der Waals surface area contributed by atoms with Gasteiger partial charge >= 0.3 is 13.1 Å². The fourth-order valence-corrected chi connectivity index (χ4v) is 11.1. The summed E-state index contributed by atoms with van der Waals surface area (Å²) in [5.74, 6) is 2.69. The summed E-state index contributed by atoms with van der Waals surface area (Å²) in [5, 5.41) is 1.48. The molecule has 4 nitrogen and oxygen atoms in total. The van der Waals surface area contributed by atoms with E-state index in [0.717, 1.165) is 10.9 Å². The van der Waals surface area contributed by atoms with E-state index in [1.54, 1.807) is 13.0 Å². The molecule has 1 aliphatic rings. The Labute approximate surface area is 230 Å². The quantitative estimate of drug-likeness (QED) is 0.217. The first-order valence-corrected chi connectivity index (χ1v) is 16.1. The fraction of sp³-hybridized carbons (Fsp3) is 0.581. The predicted octanol–water partition coefficient (Wildman–Crippen LogP) is 6.95. The van der Waals surface area contributed by atoms with Crippen molar-refractivity contribution in [2.45, 2.75) is 110 Å². The van der Waals surface area contributed by atoms with E-state index in [1.807, 2.05) is 39.8 Å². The minimum atomic E-state index is -2.11. The van der Waals surface area contributed by atoms with E-state index < -0.39 is 26.4 Å². The molecule has 0 N–H and O–H groups in total. The molecule has 206 valence electrons. The summed E-state index contributed by atoms with van der Waals surface area (Å²) in [4.78, 5) is 12.4. The lowest BCUT2D eigenvalue weighted by Gasteiger charge is -2.38. The molecule has 7 heteroatoms. The Bertz CT molecular complexity index is 1220. The highest BCUT2D eigenvalue weighted by Gasteiger charge is 2.52. The SMILES string of the molecule is CCOC(=O)Cc1cc(B2OC(C)(C)C(C)(C)O2)c2c(C#C[Si](C(C)C)(C(C)C)C(C)C)c(F)ccc2c1. The van der Waals surface area contributed by atoms with E-state index in [-0.39, 0.29) is 18.2 Å². The van der Waals surface area contributed by atoms with Crippen LogP contribution in [0.5, 0.6) is 0 Å². The van der Waals surface area contributed by atoms with Gasteiger partial charge < -0.3 is 14.0 Å². The van der Waals surface area contributed by atoms with Gasteiger partial charge in [-0.3, -0.25) is 4.79 Å². The van der Waals surface area contributed by atoms with Gasteiger partial charge in [-0.25, -0.2) is 4.39 Å². The van der Waals surface area contributed by atoms with Crippen molar-refractivity contribution in [3.63, 3.8) is 0 Å². The topological polar surface area (TPSA) is 44.8 Å². The molecule has 0 atom stereocenters. The Morgan fingerprint density at radius 3 is 2.05 bits per heavy atom. The summed E-state index contributed by atoms with van der Waals surface area (Å²) >= 11 is 0. The molecule has 0 aromatic heterocycles. The molecule has 0 bridgehead atoms. The van der Waals surface area contributed by atoms with Crippen molar-refractivity contribution in [2.24, 2.45) is 0 Å². The van der Waals surface area contributed by atoms with Crippen LogP contribution < -0.4 is 5.46 Å². The van der Waals surface area contributed by atoms with Gasteiger partial charge in [-0.05, 0) is 73.7 Å². The molecule has 38 heavy (non-hydrogen) atoms. The molecule has 1 fully saturated rings. The first-order chi connectivity index (χ1) is 17.6. The van der Waals surface area contributed by atoms with E-state index in [2.05, 4.69) is 53.0 Å². The highest BCUT2D eigenvalue weighted by molar-refractivity contribution is 6.90. The molecule has 2 aromatic rings. The number of benzene rings is 2. The molecule has 0 saturated carbocycles. The first-order valence-electron chi connectivity index (χ1n) is 13.9. The molecule has 0 spiro atoms. The summed E-state index contributed by atoms with van der Waals surface area (Å²) in [6, 6.07) is 7.03. The highest BCUT2D eigenvalue weighted by Crippen LogP contribution is 2.41. The van der Waals surface area contributed by atoms with Gasteiger partial charge in [-0.1, -0.05) is 65.7 Å². The van der Waals surface area contributed by atoms with E-state index in [4.69, 9.17) is 14.0 Å². The van der Waals surface area contributed by atoms with Crippen molar-refractivity contribution in [2.75, 3.05) is 6.61 Å². The summed E-state index contributed by atoms with van der Waals surface area (Å²) in [5.41, 5.74) is 5.63. The van der Waals surface area contributed by atoms with Crippen LogP contribution in [0.15, 0.2) is 24.3 Å². The Morgan fingerprint density at radius 1 is 1.00 bits per heavy atom. The number of hydrogen-bond acceptors (Lipinski definition) is 4. The van der Waals surface area contributed by atoms with Gasteiger partial charge in [0.1, 0.15) is 13.9 Å². The number of carbonyl (C=O) groups is 1. The zero-order valence-corrected chi connectivity index (χ0v) is 26.0. The zero-order valence-electron chi connectivity index (χ0n) is 25.0. The van der Waals surface area contributed by atoms with Crippen LogP contribution in [0.25, 0.3) is 10.8 Å². The maximum absolute atomic E-state index is 15.6. The van der Waals surface area contributed by atoms with E-state index in [9.17, 15) is 4.79 Å². The molecule has 3 rings (SSSR count). The maximum atomic E-state index is 15.6. The van der Waals surface area contributed by atoms with Crippen LogP contribution in [0, 0.1) is 17.3 Å². The van der Waals surface area contributed by atoms with Crippen molar-refractivity contribution >= 4 is 37.4 Å². The second kappa shape index (κ2) is 11.2. The Kier molecular flexibility index (Phi) is 8.93. The van der Waals surface area contributed by atoms with Gasteiger partial charge in [0.2, 0.25) is 0 Å². The lowest BCUT2D eigenvalue weighted by atomic mass is 9.74. The van der Waals surface area contributed by atoms with Crippen molar-refractivity contribution < 1.29 is 23.2 Å². The smallest absolute Gasteiger partial charge is 0.466 e. The fourth-order valence-electron chi connectivity index (χ4n) is 5.90. The van der Waals surface area contributed by atoms with Crippen molar-refractivity contribution in [3.8, 4) is 11.5 Å². The van der Waals surface area contributed by atoms with Gasteiger partial charge in [0, 0.05) is 5.39 Å².